The Bertz CT molecular complexity index is 414. The van der Waals surface area contributed by atoms with Gasteiger partial charge in [0.25, 0.3) is 0 Å². The minimum atomic E-state index is -0.917. The lowest BCUT2D eigenvalue weighted by Crippen LogP contribution is -2.58. The molecule has 0 aromatic rings. The summed E-state index contributed by atoms with van der Waals surface area (Å²) < 4.78 is 0. The van der Waals surface area contributed by atoms with Crippen molar-refractivity contribution in [2.24, 2.45) is 0 Å². The second-order valence-corrected chi connectivity index (χ2v) is 5.95. The zero-order chi connectivity index (χ0) is 15.3. The second kappa shape index (κ2) is 6.78. The molecule has 0 aromatic carbocycles. The second-order valence-electron chi connectivity index (χ2n) is 5.95. The molecule has 1 heterocycles. The van der Waals surface area contributed by atoms with Crippen LogP contribution in [0.5, 0.6) is 0 Å². The lowest BCUT2D eigenvalue weighted by molar-refractivity contribution is -0.139. The summed E-state index contributed by atoms with van der Waals surface area (Å²) in [5, 5.41) is 14.1. The van der Waals surface area contributed by atoms with Crippen molar-refractivity contribution in [2.45, 2.75) is 50.5 Å². The molecule has 2 aliphatic rings. The van der Waals surface area contributed by atoms with Crippen LogP contribution >= 0.6 is 0 Å². The van der Waals surface area contributed by atoms with Crippen molar-refractivity contribution in [3.05, 3.63) is 0 Å². The average molecular weight is 297 g/mol. The molecule has 0 spiro atoms. The third kappa shape index (κ3) is 4.34. The fraction of sp³-hybridized carbons (Fsp3) is 0.786. The summed E-state index contributed by atoms with van der Waals surface area (Å²) in [7, 11) is 0. The van der Waals surface area contributed by atoms with Gasteiger partial charge in [0.15, 0.2) is 0 Å². The molecule has 0 atom stereocenters. The SMILES string of the molecule is O=C(O)CC1(NC(=O)NCC(=O)N2CCCCC2)CCC1. The highest BCUT2D eigenvalue weighted by Crippen LogP contribution is 2.34. The molecule has 3 N–H and O–H groups in total. The van der Waals surface area contributed by atoms with Crippen LogP contribution in [0.4, 0.5) is 4.79 Å². The fourth-order valence-electron chi connectivity index (χ4n) is 2.94. The van der Waals surface area contributed by atoms with E-state index in [1.54, 1.807) is 4.90 Å². The molecule has 0 radical (unpaired) electrons. The van der Waals surface area contributed by atoms with E-state index in [4.69, 9.17) is 5.11 Å². The Kier molecular flexibility index (Phi) is 5.03. The number of amides is 3. The van der Waals surface area contributed by atoms with E-state index in [0.717, 1.165) is 38.8 Å². The Balaban J connectivity index is 1.73. The van der Waals surface area contributed by atoms with Crippen LogP contribution < -0.4 is 10.6 Å². The van der Waals surface area contributed by atoms with Gasteiger partial charge in [-0.2, -0.15) is 0 Å². The van der Waals surface area contributed by atoms with Gasteiger partial charge in [-0.05, 0) is 38.5 Å². The van der Waals surface area contributed by atoms with Gasteiger partial charge < -0.3 is 20.6 Å². The lowest BCUT2D eigenvalue weighted by atomic mass is 9.74. The Morgan fingerprint density at radius 3 is 2.24 bits per heavy atom. The Labute approximate surface area is 124 Å². The molecule has 21 heavy (non-hydrogen) atoms. The summed E-state index contributed by atoms with van der Waals surface area (Å²) in [6, 6.07) is -0.457. The Hall–Kier alpha value is -1.79. The maximum Gasteiger partial charge on any atom is 0.315 e. The van der Waals surface area contributed by atoms with Crippen LogP contribution in [0.2, 0.25) is 0 Å². The third-order valence-corrected chi connectivity index (χ3v) is 4.29. The first-order valence-electron chi connectivity index (χ1n) is 7.56. The molecule has 2 rings (SSSR count). The topological polar surface area (TPSA) is 98.7 Å². The van der Waals surface area contributed by atoms with Gasteiger partial charge in [-0.25, -0.2) is 4.79 Å². The van der Waals surface area contributed by atoms with E-state index >= 15 is 0 Å². The van der Waals surface area contributed by atoms with Gasteiger partial charge in [0.1, 0.15) is 0 Å². The molecule has 1 aliphatic heterocycles. The van der Waals surface area contributed by atoms with E-state index < -0.39 is 17.5 Å². The zero-order valence-corrected chi connectivity index (χ0v) is 12.2. The molecular formula is C14H23N3O4. The predicted octanol–water partition coefficient (Wildman–Crippen LogP) is 0.695. The summed E-state index contributed by atoms with van der Waals surface area (Å²) in [4.78, 5) is 36.3. The van der Waals surface area contributed by atoms with Crippen LogP contribution in [0.1, 0.15) is 44.9 Å². The zero-order valence-electron chi connectivity index (χ0n) is 12.2. The number of carbonyl (C=O) groups is 3. The van der Waals surface area contributed by atoms with Crippen molar-refractivity contribution in [1.29, 1.82) is 0 Å². The van der Waals surface area contributed by atoms with E-state index in [1.807, 2.05) is 0 Å². The van der Waals surface area contributed by atoms with Gasteiger partial charge in [-0.3, -0.25) is 9.59 Å². The van der Waals surface area contributed by atoms with Crippen molar-refractivity contribution in [1.82, 2.24) is 15.5 Å². The van der Waals surface area contributed by atoms with Gasteiger partial charge in [0.2, 0.25) is 5.91 Å². The average Bonchev–Trinajstić information content (AvgIpc) is 2.43. The smallest absolute Gasteiger partial charge is 0.315 e. The number of aliphatic carboxylic acids is 1. The highest BCUT2D eigenvalue weighted by Gasteiger charge is 2.40. The minimum absolute atomic E-state index is 0.0328. The van der Waals surface area contributed by atoms with Crippen LogP contribution in [-0.4, -0.2) is 53.1 Å². The molecule has 1 aliphatic carbocycles. The summed E-state index contributed by atoms with van der Waals surface area (Å²) >= 11 is 0. The van der Waals surface area contributed by atoms with E-state index in [0.29, 0.717) is 12.8 Å². The first-order chi connectivity index (χ1) is 10.0. The van der Waals surface area contributed by atoms with E-state index in [2.05, 4.69) is 10.6 Å². The van der Waals surface area contributed by atoms with Gasteiger partial charge in [0.05, 0.1) is 18.5 Å². The monoisotopic (exact) mass is 297 g/mol. The number of nitrogens with zero attached hydrogens (tertiary/aromatic N) is 1. The molecule has 1 saturated heterocycles. The van der Waals surface area contributed by atoms with Crippen molar-refractivity contribution in [2.75, 3.05) is 19.6 Å². The molecule has 3 amide bonds. The quantitative estimate of drug-likeness (QED) is 0.695. The summed E-state index contributed by atoms with van der Waals surface area (Å²) in [6.07, 6.45) is 5.37. The predicted molar refractivity (Wildman–Crippen MR) is 75.8 cm³/mol. The number of likely N-dealkylation sites (tertiary alicyclic amines) is 1. The number of carboxylic acid groups (broad SMARTS) is 1. The van der Waals surface area contributed by atoms with Crippen LogP contribution in [0.25, 0.3) is 0 Å². The maximum atomic E-state index is 11.9. The number of hydrogen-bond acceptors (Lipinski definition) is 3. The largest absolute Gasteiger partial charge is 0.481 e. The minimum Gasteiger partial charge on any atom is -0.481 e. The fourth-order valence-corrected chi connectivity index (χ4v) is 2.94. The van der Waals surface area contributed by atoms with Crippen molar-refractivity contribution in [3.63, 3.8) is 0 Å². The van der Waals surface area contributed by atoms with Crippen LogP contribution in [0.3, 0.4) is 0 Å². The molecule has 0 aromatic heterocycles. The number of nitrogens with one attached hydrogen (secondary N) is 2. The first kappa shape index (κ1) is 15.6. The molecular weight excluding hydrogens is 274 g/mol. The van der Waals surface area contributed by atoms with Crippen molar-refractivity contribution >= 4 is 17.9 Å². The van der Waals surface area contributed by atoms with Gasteiger partial charge in [-0.1, -0.05) is 0 Å². The van der Waals surface area contributed by atoms with Gasteiger partial charge in [0, 0.05) is 13.1 Å². The lowest BCUT2D eigenvalue weighted by Gasteiger charge is -2.41. The van der Waals surface area contributed by atoms with Crippen LogP contribution in [-0.2, 0) is 9.59 Å². The molecule has 7 nitrogen and oxygen atoms in total. The van der Waals surface area contributed by atoms with Crippen molar-refractivity contribution in [3.8, 4) is 0 Å². The summed E-state index contributed by atoms with van der Waals surface area (Å²) in [6.45, 7) is 1.48. The van der Waals surface area contributed by atoms with E-state index in [9.17, 15) is 14.4 Å². The Morgan fingerprint density at radius 1 is 1.05 bits per heavy atom. The molecule has 2 fully saturated rings. The number of carbonyl (C=O) groups excluding carboxylic acids is 2. The third-order valence-electron chi connectivity index (χ3n) is 4.29. The van der Waals surface area contributed by atoms with Crippen LogP contribution in [0.15, 0.2) is 0 Å². The van der Waals surface area contributed by atoms with Crippen LogP contribution in [0, 0.1) is 0 Å². The number of rotatable bonds is 5. The van der Waals surface area contributed by atoms with Gasteiger partial charge in [-0.15, -0.1) is 0 Å². The summed E-state index contributed by atoms with van der Waals surface area (Å²) in [5.74, 6) is -0.995. The normalized spacial score (nSPS) is 20.3. The van der Waals surface area contributed by atoms with Crippen molar-refractivity contribution < 1.29 is 19.5 Å². The highest BCUT2D eigenvalue weighted by atomic mass is 16.4. The first-order valence-corrected chi connectivity index (χ1v) is 7.56. The molecule has 1 saturated carbocycles. The molecule has 118 valence electrons. The summed E-state index contributed by atoms with van der Waals surface area (Å²) in [5.41, 5.74) is -0.635. The standard InChI is InChI=1S/C14H23N3O4/c18-11(17-7-2-1-3-8-17)10-15-13(21)16-14(5-4-6-14)9-12(19)20/h1-10H2,(H,19,20)(H2,15,16,21). The molecule has 0 unspecified atom stereocenters. The number of carboxylic acids is 1. The highest BCUT2D eigenvalue weighted by molar-refractivity contribution is 5.84. The van der Waals surface area contributed by atoms with E-state index in [-0.39, 0.29) is 18.9 Å². The molecule has 7 heteroatoms. The maximum absolute atomic E-state index is 11.9. The number of urea groups is 1. The number of piperidine rings is 1. The molecule has 0 bridgehead atoms. The van der Waals surface area contributed by atoms with Gasteiger partial charge >= 0.3 is 12.0 Å². The Morgan fingerprint density at radius 2 is 1.71 bits per heavy atom. The number of hydrogen-bond donors (Lipinski definition) is 3. The van der Waals surface area contributed by atoms with E-state index in [1.165, 1.54) is 0 Å².